The Labute approximate surface area is 95.6 Å². The van der Waals surface area contributed by atoms with Gasteiger partial charge in [0.15, 0.2) is 0 Å². The van der Waals surface area contributed by atoms with E-state index in [1.54, 1.807) is 12.4 Å². The maximum absolute atomic E-state index is 4.18. The molecule has 1 aromatic heterocycles. The second kappa shape index (κ2) is 5.26. The van der Waals surface area contributed by atoms with Gasteiger partial charge in [-0.3, -0.25) is 0 Å². The summed E-state index contributed by atoms with van der Waals surface area (Å²) in [5, 5.41) is 3.36. The number of hydrogen-bond donors (Lipinski definition) is 1. The topological polar surface area (TPSA) is 37.8 Å². The lowest BCUT2D eigenvalue weighted by Crippen LogP contribution is -2.05. The van der Waals surface area contributed by atoms with Crippen LogP contribution in [0.5, 0.6) is 0 Å². The average molecular weight is 213 g/mol. The van der Waals surface area contributed by atoms with Crippen LogP contribution in [-0.2, 0) is 13.0 Å². The minimum absolute atomic E-state index is 0.665. The zero-order valence-electron chi connectivity index (χ0n) is 9.35. The third-order valence-electron chi connectivity index (χ3n) is 2.45. The van der Waals surface area contributed by atoms with Gasteiger partial charge in [-0.15, -0.1) is 0 Å². The van der Waals surface area contributed by atoms with Crippen LogP contribution in [-0.4, -0.2) is 9.97 Å². The SMILES string of the molecule is CCc1ccccc1NCc1ncccn1. The number of benzene rings is 1. The number of aryl methyl sites for hydroxylation is 1. The molecule has 0 saturated carbocycles. The first-order valence-corrected chi connectivity index (χ1v) is 5.48. The molecular formula is C13H15N3. The van der Waals surface area contributed by atoms with Gasteiger partial charge in [-0.05, 0) is 24.1 Å². The molecule has 0 bridgehead atoms. The molecule has 0 aliphatic heterocycles. The third kappa shape index (κ3) is 2.57. The van der Waals surface area contributed by atoms with Crippen molar-refractivity contribution in [1.82, 2.24) is 9.97 Å². The van der Waals surface area contributed by atoms with Gasteiger partial charge in [0.25, 0.3) is 0 Å². The van der Waals surface area contributed by atoms with E-state index in [0.29, 0.717) is 6.54 Å². The summed E-state index contributed by atoms with van der Waals surface area (Å²) < 4.78 is 0. The van der Waals surface area contributed by atoms with Crippen molar-refractivity contribution in [2.45, 2.75) is 19.9 Å². The predicted molar refractivity (Wildman–Crippen MR) is 65.2 cm³/mol. The third-order valence-corrected chi connectivity index (χ3v) is 2.45. The number of nitrogens with one attached hydrogen (secondary N) is 1. The van der Waals surface area contributed by atoms with Crippen LogP contribution in [0, 0.1) is 0 Å². The highest BCUT2D eigenvalue weighted by Gasteiger charge is 1.99. The van der Waals surface area contributed by atoms with Gasteiger partial charge in [-0.25, -0.2) is 9.97 Å². The Hall–Kier alpha value is -1.90. The van der Waals surface area contributed by atoms with Gasteiger partial charge in [0.05, 0.1) is 6.54 Å². The van der Waals surface area contributed by atoms with Crippen LogP contribution in [0.25, 0.3) is 0 Å². The highest BCUT2D eigenvalue weighted by Crippen LogP contribution is 2.15. The molecule has 1 aromatic carbocycles. The quantitative estimate of drug-likeness (QED) is 0.848. The number of para-hydroxylation sites is 1. The molecule has 1 heterocycles. The zero-order chi connectivity index (χ0) is 11.2. The molecule has 0 unspecified atom stereocenters. The Balaban J connectivity index is 2.05. The van der Waals surface area contributed by atoms with Crippen molar-refractivity contribution in [3.05, 3.63) is 54.1 Å². The summed E-state index contributed by atoms with van der Waals surface area (Å²) in [7, 11) is 0. The van der Waals surface area contributed by atoms with Crippen LogP contribution < -0.4 is 5.32 Å². The lowest BCUT2D eigenvalue weighted by molar-refractivity contribution is 0.944. The van der Waals surface area contributed by atoms with Crippen LogP contribution in [0.1, 0.15) is 18.3 Å². The fourth-order valence-electron chi connectivity index (χ4n) is 1.60. The van der Waals surface area contributed by atoms with Gasteiger partial charge >= 0.3 is 0 Å². The van der Waals surface area contributed by atoms with E-state index in [1.807, 2.05) is 12.1 Å². The average Bonchev–Trinajstić information content (AvgIpc) is 2.38. The molecule has 1 N–H and O–H groups in total. The molecule has 3 heteroatoms. The Morgan fingerprint density at radius 3 is 2.56 bits per heavy atom. The van der Waals surface area contributed by atoms with Crippen LogP contribution in [0.15, 0.2) is 42.7 Å². The second-order valence-electron chi connectivity index (χ2n) is 3.53. The zero-order valence-corrected chi connectivity index (χ0v) is 9.35. The molecule has 0 atom stereocenters. The van der Waals surface area contributed by atoms with Crippen LogP contribution in [0.3, 0.4) is 0 Å². The summed E-state index contributed by atoms with van der Waals surface area (Å²) in [6.45, 7) is 2.82. The molecule has 0 aliphatic carbocycles. The standard InChI is InChI=1S/C13H15N3/c1-2-11-6-3-4-7-12(11)16-10-13-14-8-5-9-15-13/h3-9,16H,2,10H2,1H3. The minimum atomic E-state index is 0.665. The van der Waals surface area contributed by atoms with E-state index in [4.69, 9.17) is 0 Å². The summed E-state index contributed by atoms with van der Waals surface area (Å²) in [6, 6.07) is 10.1. The minimum Gasteiger partial charge on any atom is -0.378 e. The molecule has 2 rings (SSSR count). The number of nitrogens with zero attached hydrogens (tertiary/aromatic N) is 2. The van der Waals surface area contributed by atoms with E-state index in [-0.39, 0.29) is 0 Å². The molecule has 82 valence electrons. The van der Waals surface area contributed by atoms with Crippen molar-refractivity contribution in [3.8, 4) is 0 Å². The predicted octanol–water partition coefficient (Wildman–Crippen LogP) is 2.65. The number of hydrogen-bond acceptors (Lipinski definition) is 3. The smallest absolute Gasteiger partial charge is 0.147 e. The summed E-state index contributed by atoms with van der Waals surface area (Å²) >= 11 is 0. The van der Waals surface area contributed by atoms with E-state index in [2.05, 4.69) is 40.4 Å². The van der Waals surface area contributed by atoms with Crippen molar-refractivity contribution < 1.29 is 0 Å². The van der Waals surface area contributed by atoms with E-state index >= 15 is 0 Å². The molecule has 0 fully saturated rings. The lowest BCUT2D eigenvalue weighted by Gasteiger charge is -2.09. The Kier molecular flexibility index (Phi) is 3.49. The largest absolute Gasteiger partial charge is 0.378 e. The van der Waals surface area contributed by atoms with E-state index in [1.165, 1.54) is 5.56 Å². The van der Waals surface area contributed by atoms with Gasteiger partial charge in [0, 0.05) is 18.1 Å². The van der Waals surface area contributed by atoms with Crippen molar-refractivity contribution in [3.63, 3.8) is 0 Å². The van der Waals surface area contributed by atoms with Gasteiger partial charge < -0.3 is 5.32 Å². The van der Waals surface area contributed by atoms with Gasteiger partial charge in [0.1, 0.15) is 5.82 Å². The number of rotatable bonds is 4. The fourth-order valence-corrected chi connectivity index (χ4v) is 1.60. The van der Waals surface area contributed by atoms with E-state index in [9.17, 15) is 0 Å². The molecule has 16 heavy (non-hydrogen) atoms. The second-order valence-corrected chi connectivity index (χ2v) is 3.53. The summed E-state index contributed by atoms with van der Waals surface area (Å²) in [5.74, 6) is 0.813. The molecule has 0 saturated heterocycles. The van der Waals surface area contributed by atoms with Crippen LogP contribution >= 0.6 is 0 Å². The number of anilines is 1. The monoisotopic (exact) mass is 213 g/mol. The highest BCUT2D eigenvalue weighted by atomic mass is 15.0. The fraction of sp³-hybridized carbons (Fsp3) is 0.231. The summed E-state index contributed by atoms with van der Waals surface area (Å²) in [6.07, 6.45) is 4.55. The van der Waals surface area contributed by atoms with Crippen molar-refractivity contribution in [1.29, 1.82) is 0 Å². The van der Waals surface area contributed by atoms with Gasteiger partial charge in [-0.2, -0.15) is 0 Å². The maximum Gasteiger partial charge on any atom is 0.147 e. The van der Waals surface area contributed by atoms with Crippen LogP contribution in [0.2, 0.25) is 0 Å². The normalized spacial score (nSPS) is 10.1. The summed E-state index contributed by atoms with van der Waals surface area (Å²) in [4.78, 5) is 8.35. The Morgan fingerprint density at radius 2 is 1.81 bits per heavy atom. The first-order valence-electron chi connectivity index (χ1n) is 5.48. The first-order chi connectivity index (χ1) is 7.90. The van der Waals surface area contributed by atoms with Crippen LogP contribution in [0.4, 0.5) is 5.69 Å². The van der Waals surface area contributed by atoms with Gasteiger partial charge in [-0.1, -0.05) is 25.1 Å². The Bertz CT molecular complexity index is 440. The van der Waals surface area contributed by atoms with Crippen molar-refractivity contribution >= 4 is 5.69 Å². The maximum atomic E-state index is 4.18. The Morgan fingerprint density at radius 1 is 1.06 bits per heavy atom. The van der Waals surface area contributed by atoms with E-state index in [0.717, 1.165) is 17.9 Å². The van der Waals surface area contributed by atoms with Crippen molar-refractivity contribution in [2.75, 3.05) is 5.32 Å². The molecular weight excluding hydrogens is 198 g/mol. The molecule has 0 aliphatic rings. The first kappa shape index (κ1) is 10.6. The molecule has 2 aromatic rings. The molecule has 0 radical (unpaired) electrons. The summed E-state index contributed by atoms with van der Waals surface area (Å²) in [5.41, 5.74) is 2.48. The molecule has 0 spiro atoms. The van der Waals surface area contributed by atoms with E-state index < -0.39 is 0 Å². The van der Waals surface area contributed by atoms with Gasteiger partial charge in [0.2, 0.25) is 0 Å². The lowest BCUT2D eigenvalue weighted by atomic mass is 10.1. The number of aromatic nitrogens is 2. The highest BCUT2D eigenvalue weighted by molar-refractivity contribution is 5.50. The molecule has 3 nitrogen and oxygen atoms in total. The molecule has 0 amide bonds. The van der Waals surface area contributed by atoms with Crippen molar-refractivity contribution in [2.24, 2.45) is 0 Å².